The van der Waals surface area contributed by atoms with Crippen molar-refractivity contribution in [2.45, 2.75) is 0 Å². The zero-order valence-corrected chi connectivity index (χ0v) is 33.5. The molecule has 0 radical (unpaired) electrons. The summed E-state index contributed by atoms with van der Waals surface area (Å²) in [6, 6.07) is 71.5. The maximum absolute atomic E-state index is 7.05. The summed E-state index contributed by atoms with van der Waals surface area (Å²) in [6.45, 7) is 0.0560. The Labute approximate surface area is 360 Å². The number of rotatable bonds is 2. The van der Waals surface area contributed by atoms with Crippen LogP contribution in [0.25, 0.3) is 0 Å². The molecule has 1 N–H and O–H groups in total. The molecule has 0 saturated heterocycles. The number of para-hydroxylation sites is 6. The third-order valence-electron chi connectivity index (χ3n) is 14.2. The van der Waals surface area contributed by atoms with Gasteiger partial charge in [0.05, 0.1) is 0 Å². The van der Waals surface area contributed by atoms with E-state index in [9.17, 15) is 0 Å². The lowest BCUT2D eigenvalue weighted by atomic mass is 9.28. The Bertz CT molecular complexity index is 3420. The first-order valence-corrected chi connectivity index (χ1v) is 21.6. The molecule has 5 nitrogen and oxygen atoms in total. The third kappa shape index (κ3) is 4.12. The molecule has 6 heterocycles. The number of benzene rings is 9. The van der Waals surface area contributed by atoms with E-state index in [1.807, 2.05) is 0 Å². The predicted octanol–water partition coefficient (Wildman–Crippen LogP) is 7.06. The molecular formula is C54H33B3N4O. The van der Waals surface area contributed by atoms with Crippen LogP contribution in [0.15, 0.2) is 194 Å². The van der Waals surface area contributed by atoms with Crippen molar-refractivity contribution in [3.05, 3.63) is 194 Å². The Morgan fingerprint density at radius 1 is 0.323 bits per heavy atom. The van der Waals surface area contributed by atoms with Crippen LogP contribution in [-0.2, 0) is 0 Å². The zero-order valence-electron chi connectivity index (χ0n) is 33.5. The van der Waals surface area contributed by atoms with E-state index in [0.717, 1.165) is 39.9 Å². The summed E-state index contributed by atoms with van der Waals surface area (Å²) in [7, 11) is 0. The summed E-state index contributed by atoms with van der Waals surface area (Å²) in [6.07, 6.45) is 0. The molecule has 0 unspecified atom stereocenters. The Hall–Kier alpha value is -7.83. The fraction of sp³-hybridized carbons (Fsp3) is 0. The molecule has 0 spiro atoms. The van der Waals surface area contributed by atoms with Crippen LogP contribution >= 0.6 is 0 Å². The molecule has 0 aliphatic carbocycles. The summed E-state index contributed by atoms with van der Waals surface area (Å²) < 4.78 is 7.05. The van der Waals surface area contributed by atoms with E-state index >= 15 is 0 Å². The number of anilines is 11. The van der Waals surface area contributed by atoms with Crippen LogP contribution in [0.3, 0.4) is 0 Å². The van der Waals surface area contributed by atoms with Gasteiger partial charge in [0, 0.05) is 68.6 Å². The minimum Gasteiger partial charge on any atom is -0.458 e. The van der Waals surface area contributed by atoms with E-state index in [0.29, 0.717) is 0 Å². The van der Waals surface area contributed by atoms with Crippen LogP contribution in [0.1, 0.15) is 0 Å². The quantitative estimate of drug-likeness (QED) is 0.190. The minimum absolute atomic E-state index is 0.00258. The lowest BCUT2D eigenvalue weighted by molar-refractivity contribution is 0.488. The van der Waals surface area contributed by atoms with Crippen molar-refractivity contribution < 1.29 is 4.74 Å². The average molecular weight is 786 g/mol. The van der Waals surface area contributed by atoms with Crippen LogP contribution in [0.2, 0.25) is 0 Å². The fourth-order valence-corrected chi connectivity index (χ4v) is 12.0. The van der Waals surface area contributed by atoms with Crippen molar-refractivity contribution in [2.75, 3.05) is 20.0 Å². The van der Waals surface area contributed by atoms with E-state index < -0.39 is 0 Å². The van der Waals surface area contributed by atoms with Crippen molar-refractivity contribution in [1.29, 1.82) is 0 Å². The smallest absolute Gasteiger partial charge is 0.256 e. The molecule has 8 heteroatoms. The van der Waals surface area contributed by atoms with Crippen molar-refractivity contribution in [2.24, 2.45) is 0 Å². The molecule has 6 aliphatic heterocycles. The Morgan fingerprint density at radius 2 is 0.806 bits per heavy atom. The molecular weight excluding hydrogens is 753 g/mol. The van der Waals surface area contributed by atoms with E-state index in [4.69, 9.17) is 4.74 Å². The highest BCUT2D eigenvalue weighted by Crippen LogP contribution is 2.48. The molecule has 9 aromatic carbocycles. The molecule has 0 atom stereocenters. The maximum Gasteiger partial charge on any atom is 0.256 e. The standard InChI is InChI=1S/C54H33B3N4O/c1-3-16-33(17-4-1)59-43-24-11-8-21-36(43)57-40-30-39-41(32-50(40)62-49-29-15-28-47(59)52(49)57)58-42-31-48-53-54-51(42)56(39)38-23-10-14-27-46(38)61(54)45-26-13-9-22-37(45)55(53)35-20-7-12-25-44(35)60(48)34-18-5-2-6-19-34/h1-32,58H. The molecule has 62 heavy (non-hydrogen) atoms. The summed E-state index contributed by atoms with van der Waals surface area (Å²) in [5.74, 6) is 1.81. The zero-order chi connectivity index (χ0) is 40.2. The van der Waals surface area contributed by atoms with E-state index in [1.165, 1.54) is 83.3 Å². The van der Waals surface area contributed by atoms with Gasteiger partial charge in [0.1, 0.15) is 11.5 Å². The molecule has 0 aromatic heterocycles. The second-order valence-corrected chi connectivity index (χ2v) is 17.2. The van der Waals surface area contributed by atoms with Crippen molar-refractivity contribution in [1.82, 2.24) is 0 Å². The highest BCUT2D eigenvalue weighted by molar-refractivity contribution is 7.05. The molecule has 284 valence electrons. The van der Waals surface area contributed by atoms with Crippen LogP contribution in [0.5, 0.6) is 11.5 Å². The molecule has 15 rings (SSSR count). The predicted molar refractivity (Wildman–Crippen MR) is 261 cm³/mol. The van der Waals surface area contributed by atoms with Gasteiger partial charge in [0.25, 0.3) is 20.1 Å². The molecule has 9 aromatic rings. The monoisotopic (exact) mass is 786 g/mol. The third-order valence-corrected chi connectivity index (χ3v) is 14.2. The minimum atomic E-state index is -0.0103. The molecule has 6 aliphatic rings. The molecule has 0 saturated carbocycles. The second kappa shape index (κ2) is 11.9. The van der Waals surface area contributed by atoms with E-state index in [-0.39, 0.29) is 20.1 Å². The highest BCUT2D eigenvalue weighted by Gasteiger charge is 2.51. The maximum atomic E-state index is 7.05. The van der Waals surface area contributed by atoms with Gasteiger partial charge in [-0.2, -0.15) is 0 Å². The first-order chi connectivity index (χ1) is 30.8. The lowest BCUT2D eigenvalue weighted by Gasteiger charge is -2.49. The largest absolute Gasteiger partial charge is 0.458 e. The van der Waals surface area contributed by atoms with Crippen LogP contribution in [-0.4, -0.2) is 20.1 Å². The van der Waals surface area contributed by atoms with Crippen molar-refractivity contribution in [3.63, 3.8) is 0 Å². The summed E-state index contributed by atoms with van der Waals surface area (Å²) in [5, 5.41) is 4.08. The normalized spacial score (nSPS) is 14.5. The fourth-order valence-electron chi connectivity index (χ4n) is 12.0. The summed E-state index contributed by atoms with van der Waals surface area (Å²) in [4.78, 5) is 7.47. The molecule has 0 amide bonds. The first-order valence-electron chi connectivity index (χ1n) is 21.6. The summed E-state index contributed by atoms with van der Waals surface area (Å²) in [5.41, 5.74) is 24.7. The van der Waals surface area contributed by atoms with Gasteiger partial charge in [-0.3, -0.25) is 0 Å². The second-order valence-electron chi connectivity index (χ2n) is 17.2. The number of hydrogen-bond donors (Lipinski definition) is 1. The van der Waals surface area contributed by atoms with Crippen molar-refractivity contribution >= 4 is 132 Å². The van der Waals surface area contributed by atoms with Gasteiger partial charge >= 0.3 is 0 Å². The molecule has 0 fully saturated rings. The van der Waals surface area contributed by atoms with Gasteiger partial charge in [-0.25, -0.2) is 0 Å². The van der Waals surface area contributed by atoms with Crippen LogP contribution in [0.4, 0.5) is 62.6 Å². The number of ether oxygens (including phenoxy) is 1. The number of fused-ring (bicyclic) bond motifs is 14. The van der Waals surface area contributed by atoms with Crippen molar-refractivity contribution in [3.8, 4) is 11.5 Å². The summed E-state index contributed by atoms with van der Waals surface area (Å²) >= 11 is 0. The number of nitrogens with zero attached hydrogens (tertiary/aromatic N) is 3. The SMILES string of the molecule is c1ccc(N2c3ccccc3B3c4cc5c(cc4Oc4cccc2c43)Nc2cc3c4c6c2B5c2ccccc2N6c2ccccc2B4c2ccccc2N3c2ccccc2)cc1. The van der Waals surface area contributed by atoms with Gasteiger partial charge < -0.3 is 24.8 Å². The van der Waals surface area contributed by atoms with E-state index in [2.05, 4.69) is 214 Å². The van der Waals surface area contributed by atoms with Gasteiger partial charge in [-0.05, 0) is 116 Å². The Kier molecular flexibility index (Phi) is 6.34. The average Bonchev–Trinajstić information content (AvgIpc) is 3.33. The van der Waals surface area contributed by atoms with Crippen LogP contribution in [0, 0.1) is 0 Å². The Balaban J connectivity index is 1.00. The Morgan fingerprint density at radius 3 is 1.40 bits per heavy atom. The topological polar surface area (TPSA) is 31.0 Å². The lowest BCUT2D eigenvalue weighted by Crippen LogP contribution is -2.68. The van der Waals surface area contributed by atoms with Gasteiger partial charge in [0.2, 0.25) is 0 Å². The molecule has 0 bridgehead atoms. The first kappa shape index (κ1) is 33.0. The highest BCUT2D eigenvalue weighted by atomic mass is 16.5. The van der Waals surface area contributed by atoms with E-state index in [1.54, 1.807) is 0 Å². The van der Waals surface area contributed by atoms with Gasteiger partial charge in [0.15, 0.2) is 0 Å². The number of nitrogens with one attached hydrogen (secondary N) is 1. The van der Waals surface area contributed by atoms with Gasteiger partial charge in [-0.1, -0.05) is 121 Å². The van der Waals surface area contributed by atoms with Crippen LogP contribution < -0.4 is 73.9 Å². The number of hydrogen-bond acceptors (Lipinski definition) is 5. The van der Waals surface area contributed by atoms with Gasteiger partial charge in [-0.15, -0.1) is 0 Å².